The molecule has 32 heavy (non-hydrogen) atoms. The van der Waals surface area contributed by atoms with Gasteiger partial charge in [-0.05, 0) is 64.7 Å². The smallest absolute Gasteiger partial charge is 0.404 e. The van der Waals surface area contributed by atoms with Crippen LogP contribution in [-0.4, -0.2) is 81.3 Å². The Labute approximate surface area is 193 Å². The Morgan fingerprint density at radius 2 is 1.50 bits per heavy atom. The first-order valence-corrected chi connectivity index (χ1v) is 11.2. The lowest BCUT2D eigenvalue weighted by Gasteiger charge is -2.24. The van der Waals surface area contributed by atoms with Crippen molar-refractivity contribution in [3.05, 3.63) is 0 Å². The van der Waals surface area contributed by atoms with Crippen LogP contribution in [0.25, 0.3) is 0 Å². The fourth-order valence-electron chi connectivity index (χ4n) is 2.98. The predicted molar refractivity (Wildman–Crippen MR) is 128 cm³/mol. The molecule has 0 aromatic carbocycles. The van der Waals surface area contributed by atoms with E-state index in [-0.39, 0.29) is 45.0 Å². The van der Waals surface area contributed by atoms with Gasteiger partial charge in [-0.2, -0.15) is 0 Å². The Morgan fingerprint density at radius 3 is 2.12 bits per heavy atom. The fraction of sp³-hybridized carbons (Fsp3) is 0.857. The number of hydrogen-bond donors (Lipinski definition) is 6. The summed E-state index contributed by atoms with van der Waals surface area (Å²) < 4.78 is 4.85. The summed E-state index contributed by atoms with van der Waals surface area (Å²) in [6.07, 6.45) is 5.60. The molecule has 0 bridgehead atoms. The molecule has 190 valence electrons. The van der Waals surface area contributed by atoms with Gasteiger partial charge in [0.15, 0.2) is 0 Å². The van der Waals surface area contributed by atoms with Crippen LogP contribution in [-0.2, 0) is 14.3 Å². The molecule has 11 nitrogen and oxygen atoms in total. The summed E-state index contributed by atoms with van der Waals surface area (Å²) in [6, 6.07) is -0.380. The highest BCUT2D eigenvalue weighted by Gasteiger charge is 2.19. The first-order valence-electron chi connectivity index (χ1n) is 11.2. The molecule has 0 saturated heterocycles. The molecular weight excluding hydrogens is 414 g/mol. The predicted octanol–water partition coefficient (Wildman–Crippen LogP) is -0.382. The standard InChI is InChI=1S/C20H43N7O4.CH4/c21-9-3-1-7-13-27(19(29)14-25-12-6-5-11-23)15-18(28)26-17(8-2-4-10-22)16-31-20(24)30;/h17,25H,1-16,21-23H2,(H2,24,30)(H,26,28);1H4/t17-;/m0./s1. The number of carbonyl (C=O) groups excluding carboxylic acids is 3. The van der Waals surface area contributed by atoms with Crippen molar-refractivity contribution in [2.24, 2.45) is 22.9 Å². The average molecular weight is 462 g/mol. The summed E-state index contributed by atoms with van der Waals surface area (Å²) in [6.45, 7) is 3.03. The molecule has 11 heteroatoms. The molecule has 0 radical (unpaired) electrons. The maximum atomic E-state index is 12.6. The normalized spacial score (nSPS) is 11.3. The first-order chi connectivity index (χ1) is 14.9. The Morgan fingerprint density at radius 1 is 0.875 bits per heavy atom. The van der Waals surface area contributed by atoms with Gasteiger partial charge in [0.1, 0.15) is 6.61 Å². The topological polar surface area (TPSA) is 192 Å². The van der Waals surface area contributed by atoms with Crippen molar-refractivity contribution in [3.8, 4) is 0 Å². The molecule has 0 aliphatic carbocycles. The molecule has 0 aliphatic heterocycles. The van der Waals surface area contributed by atoms with E-state index in [0.717, 1.165) is 44.9 Å². The number of amides is 3. The van der Waals surface area contributed by atoms with Gasteiger partial charge < -0.3 is 43.2 Å². The van der Waals surface area contributed by atoms with Crippen LogP contribution in [0.3, 0.4) is 0 Å². The second kappa shape index (κ2) is 22.3. The second-order valence-corrected chi connectivity index (χ2v) is 7.52. The Bertz CT molecular complexity index is 495. The molecule has 3 amide bonds. The molecule has 0 saturated carbocycles. The van der Waals surface area contributed by atoms with Gasteiger partial charge in [0.25, 0.3) is 0 Å². The minimum absolute atomic E-state index is 0. The Hall–Kier alpha value is -1.95. The molecule has 0 heterocycles. The van der Waals surface area contributed by atoms with E-state index in [4.69, 9.17) is 27.7 Å². The monoisotopic (exact) mass is 461 g/mol. The van der Waals surface area contributed by atoms with Crippen molar-refractivity contribution in [2.45, 2.75) is 64.8 Å². The molecular formula is C21H47N7O4. The minimum Gasteiger partial charge on any atom is -0.448 e. The maximum Gasteiger partial charge on any atom is 0.404 e. The number of unbranched alkanes of at least 4 members (excludes halogenated alkanes) is 4. The highest BCUT2D eigenvalue weighted by atomic mass is 16.5. The summed E-state index contributed by atoms with van der Waals surface area (Å²) in [5.41, 5.74) is 21.6. The number of ether oxygens (including phenoxy) is 1. The minimum atomic E-state index is -0.893. The number of nitrogens with one attached hydrogen (secondary N) is 2. The summed E-state index contributed by atoms with van der Waals surface area (Å²) >= 11 is 0. The molecule has 0 aromatic rings. The molecule has 0 rings (SSSR count). The van der Waals surface area contributed by atoms with Gasteiger partial charge in [-0.3, -0.25) is 9.59 Å². The van der Waals surface area contributed by atoms with E-state index >= 15 is 0 Å². The molecule has 0 aromatic heterocycles. The van der Waals surface area contributed by atoms with E-state index < -0.39 is 6.09 Å². The Kier molecular flexibility index (Phi) is 22.4. The molecule has 0 unspecified atom stereocenters. The highest BCUT2D eigenvalue weighted by Crippen LogP contribution is 2.03. The van der Waals surface area contributed by atoms with Gasteiger partial charge in [-0.15, -0.1) is 0 Å². The number of carbonyl (C=O) groups is 3. The number of nitrogens with two attached hydrogens (primary N) is 4. The lowest BCUT2D eigenvalue weighted by Crippen LogP contribution is -2.48. The summed E-state index contributed by atoms with van der Waals surface area (Å²) in [4.78, 5) is 37.7. The molecule has 0 fully saturated rings. The van der Waals surface area contributed by atoms with Gasteiger partial charge in [0.05, 0.1) is 19.1 Å². The van der Waals surface area contributed by atoms with Gasteiger partial charge in [0.2, 0.25) is 11.8 Å². The van der Waals surface area contributed by atoms with Gasteiger partial charge in [-0.25, -0.2) is 4.79 Å². The van der Waals surface area contributed by atoms with E-state index in [1.807, 2.05) is 0 Å². The van der Waals surface area contributed by atoms with Crippen LogP contribution in [0.1, 0.15) is 58.8 Å². The average Bonchev–Trinajstić information content (AvgIpc) is 2.73. The van der Waals surface area contributed by atoms with Crippen molar-refractivity contribution < 1.29 is 19.1 Å². The number of primary amides is 1. The van der Waals surface area contributed by atoms with Crippen LogP contribution in [0.15, 0.2) is 0 Å². The zero-order valence-corrected chi connectivity index (χ0v) is 18.8. The lowest BCUT2D eigenvalue weighted by molar-refractivity contribution is -0.135. The third-order valence-electron chi connectivity index (χ3n) is 4.70. The molecule has 0 spiro atoms. The van der Waals surface area contributed by atoms with Gasteiger partial charge >= 0.3 is 6.09 Å². The van der Waals surface area contributed by atoms with E-state index in [1.165, 1.54) is 0 Å². The number of rotatable bonds is 20. The summed E-state index contributed by atoms with van der Waals surface area (Å²) in [7, 11) is 0. The van der Waals surface area contributed by atoms with Crippen LogP contribution < -0.4 is 33.6 Å². The second-order valence-electron chi connectivity index (χ2n) is 7.52. The maximum absolute atomic E-state index is 12.6. The van der Waals surface area contributed by atoms with Crippen LogP contribution in [0.2, 0.25) is 0 Å². The fourth-order valence-corrected chi connectivity index (χ4v) is 2.98. The largest absolute Gasteiger partial charge is 0.448 e. The van der Waals surface area contributed by atoms with E-state index in [1.54, 1.807) is 4.90 Å². The zero-order chi connectivity index (χ0) is 23.3. The van der Waals surface area contributed by atoms with Crippen molar-refractivity contribution in [1.82, 2.24) is 15.5 Å². The van der Waals surface area contributed by atoms with Crippen molar-refractivity contribution in [3.63, 3.8) is 0 Å². The highest BCUT2D eigenvalue weighted by molar-refractivity contribution is 5.85. The van der Waals surface area contributed by atoms with Crippen molar-refractivity contribution in [2.75, 3.05) is 52.4 Å². The van der Waals surface area contributed by atoms with Crippen LogP contribution in [0.4, 0.5) is 4.79 Å². The third-order valence-corrected chi connectivity index (χ3v) is 4.70. The van der Waals surface area contributed by atoms with Gasteiger partial charge in [-0.1, -0.05) is 20.3 Å². The lowest BCUT2D eigenvalue weighted by atomic mass is 10.1. The van der Waals surface area contributed by atoms with E-state index in [2.05, 4.69) is 10.6 Å². The first kappa shape index (κ1) is 32.2. The SMILES string of the molecule is C.NCCCCCN(CC(=O)N[C@@H](CCCCN)COC(N)=O)C(=O)CNCCCCN. The Balaban J connectivity index is 0. The number of hydrogen-bond acceptors (Lipinski definition) is 8. The van der Waals surface area contributed by atoms with Crippen molar-refractivity contribution >= 4 is 17.9 Å². The summed E-state index contributed by atoms with van der Waals surface area (Å²) in [5.74, 6) is -0.440. The van der Waals surface area contributed by atoms with Gasteiger partial charge in [0, 0.05) is 6.54 Å². The zero-order valence-electron chi connectivity index (χ0n) is 18.8. The van der Waals surface area contributed by atoms with E-state index in [9.17, 15) is 14.4 Å². The summed E-state index contributed by atoms with van der Waals surface area (Å²) in [5, 5.41) is 5.94. The molecule has 1 atom stereocenters. The molecule has 10 N–H and O–H groups in total. The quantitative estimate of drug-likeness (QED) is 0.132. The van der Waals surface area contributed by atoms with Crippen LogP contribution in [0.5, 0.6) is 0 Å². The van der Waals surface area contributed by atoms with E-state index in [0.29, 0.717) is 39.1 Å². The van der Waals surface area contributed by atoms with Crippen molar-refractivity contribution in [1.29, 1.82) is 0 Å². The third kappa shape index (κ3) is 18.8. The molecule has 0 aliphatic rings. The van der Waals surface area contributed by atoms with Crippen LogP contribution in [0, 0.1) is 0 Å². The van der Waals surface area contributed by atoms with Crippen LogP contribution >= 0.6 is 0 Å². The number of nitrogens with zero attached hydrogens (tertiary/aromatic N) is 1.